The van der Waals surface area contributed by atoms with Crippen LogP contribution in [0.4, 0.5) is 18.9 Å². The molecule has 0 bridgehead atoms. The molecule has 1 saturated carbocycles. The number of anilines is 1. The van der Waals surface area contributed by atoms with Crippen LogP contribution in [0.15, 0.2) is 36.5 Å². The zero-order chi connectivity index (χ0) is 25.4. The van der Waals surface area contributed by atoms with Crippen molar-refractivity contribution in [3.8, 4) is 5.75 Å². The first-order valence-corrected chi connectivity index (χ1v) is 11.6. The Balaban J connectivity index is 1.65. The zero-order valence-electron chi connectivity index (χ0n) is 19.9. The average Bonchev–Trinajstić information content (AvgIpc) is 3.19. The summed E-state index contributed by atoms with van der Waals surface area (Å²) in [4.78, 5) is 16.3. The summed E-state index contributed by atoms with van der Waals surface area (Å²) in [5.74, 6) is 0.143. The van der Waals surface area contributed by atoms with E-state index < -0.39 is 23.4 Å². The van der Waals surface area contributed by atoms with Crippen LogP contribution in [0.2, 0.25) is 0 Å². The summed E-state index contributed by atoms with van der Waals surface area (Å²) in [7, 11) is 0. The fraction of sp³-hybridized carbons (Fsp3) is 0.480. The summed E-state index contributed by atoms with van der Waals surface area (Å²) in [5, 5.41) is 18.2. The molecule has 1 aromatic carbocycles. The fourth-order valence-corrected chi connectivity index (χ4v) is 4.14. The molecule has 2 aromatic heterocycles. The maximum atomic E-state index is 13.0. The molecule has 0 atom stereocenters. The van der Waals surface area contributed by atoms with E-state index in [-0.39, 0.29) is 29.8 Å². The van der Waals surface area contributed by atoms with Crippen LogP contribution in [0.1, 0.15) is 68.7 Å². The van der Waals surface area contributed by atoms with Crippen LogP contribution in [0.5, 0.6) is 5.75 Å². The maximum absolute atomic E-state index is 13.0. The highest BCUT2D eigenvalue weighted by Crippen LogP contribution is 2.35. The van der Waals surface area contributed by atoms with Gasteiger partial charge < -0.3 is 15.2 Å². The van der Waals surface area contributed by atoms with Crippen molar-refractivity contribution in [2.45, 2.75) is 64.3 Å². The lowest BCUT2D eigenvalue weighted by molar-refractivity contribution is -0.141. The minimum Gasteiger partial charge on any atom is -0.488 e. The van der Waals surface area contributed by atoms with Crippen molar-refractivity contribution in [3.05, 3.63) is 47.9 Å². The van der Waals surface area contributed by atoms with Gasteiger partial charge in [0.15, 0.2) is 0 Å². The van der Waals surface area contributed by atoms with E-state index in [4.69, 9.17) is 9.84 Å². The van der Waals surface area contributed by atoms with Crippen molar-refractivity contribution in [3.63, 3.8) is 0 Å². The Hall–Kier alpha value is -3.14. The number of fused-ring (bicyclic) bond motifs is 1. The Morgan fingerprint density at radius 2 is 1.91 bits per heavy atom. The van der Waals surface area contributed by atoms with Crippen LogP contribution in [0.25, 0.3) is 10.9 Å². The van der Waals surface area contributed by atoms with Gasteiger partial charge in [-0.1, -0.05) is 13.0 Å². The summed E-state index contributed by atoms with van der Waals surface area (Å²) in [6, 6.07) is 6.78. The Morgan fingerprint density at radius 1 is 1.20 bits per heavy atom. The minimum atomic E-state index is -4.67. The number of alkyl halides is 3. The molecule has 0 unspecified atom stereocenters. The van der Waals surface area contributed by atoms with E-state index in [9.17, 15) is 23.1 Å². The molecule has 2 heterocycles. The second-order valence-electron chi connectivity index (χ2n) is 9.89. The molecule has 0 saturated heterocycles. The molecule has 0 aliphatic heterocycles. The normalized spacial score (nSPS) is 19.1. The number of aliphatic hydroxyl groups is 1. The molecule has 7 nitrogen and oxygen atoms in total. The van der Waals surface area contributed by atoms with E-state index in [0.717, 1.165) is 43.2 Å². The summed E-state index contributed by atoms with van der Waals surface area (Å²) >= 11 is 0. The van der Waals surface area contributed by atoms with E-state index in [1.54, 1.807) is 26.0 Å². The third-order valence-corrected chi connectivity index (χ3v) is 6.08. The van der Waals surface area contributed by atoms with Crippen molar-refractivity contribution >= 4 is 22.5 Å². The highest BCUT2D eigenvalue weighted by atomic mass is 19.4. The lowest BCUT2D eigenvalue weighted by Gasteiger charge is -2.26. The van der Waals surface area contributed by atoms with Crippen LogP contribution >= 0.6 is 0 Å². The van der Waals surface area contributed by atoms with Crippen molar-refractivity contribution in [1.82, 2.24) is 14.8 Å². The molecule has 1 fully saturated rings. The molecule has 3 aromatic rings. The molecular weight excluding hydrogens is 461 g/mol. The highest BCUT2D eigenvalue weighted by molar-refractivity contribution is 6.05. The first kappa shape index (κ1) is 25.0. The molecular formula is C25H29F3N4O3. The Bertz CT molecular complexity index is 1210. The molecule has 188 valence electrons. The van der Waals surface area contributed by atoms with Crippen molar-refractivity contribution < 1.29 is 27.8 Å². The van der Waals surface area contributed by atoms with Gasteiger partial charge in [0.1, 0.15) is 23.7 Å². The van der Waals surface area contributed by atoms with Gasteiger partial charge in [0, 0.05) is 17.6 Å². The lowest BCUT2D eigenvalue weighted by atomic mass is 9.87. The standard InChI is InChI=1S/C25H29F3N4O3/c1-15-7-9-17(10-8-15)32-13-16-11-20(21(12-19(16)31-32)35-14-24(2,3)34)30-23(33)18-5-4-6-22(29-18)25(26,27)28/h4-6,11-13,15,17,34H,7-10,14H2,1-3H3,(H,30,33)/t15-,17-. The summed E-state index contributed by atoms with van der Waals surface area (Å²) in [6.45, 7) is 5.34. The van der Waals surface area contributed by atoms with Gasteiger partial charge in [-0.25, -0.2) is 4.98 Å². The smallest absolute Gasteiger partial charge is 0.433 e. The predicted molar refractivity (Wildman–Crippen MR) is 125 cm³/mol. The molecule has 0 spiro atoms. The molecule has 1 aliphatic carbocycles. The number of aromatic nitrogens is 3. The van der Waals surface area contributed by atoms with Crippen molar-refractivity contribution in [1.29, 1.82) is 0 Å². The van der Waals surface area contributed by atoms with Gasteiger partial charge in [0.2, 0.25) is 0 Å². The number of rotatable bonds is 6. The summed E-state index contributed by atoms with van der Waals surface area (Å²) in [5.41, 5.74) is -1.76. The average molecular weight is 491 g/mol. The van der Waals surface area contributed by atoms with Gasteiger partial charge in [-0.05, 0) is 63.6 Å². The number of carbonyl (C=O) groups excluding carboxylic acids is 1. The quantitative estimate of drug-likeness (QED) is 0.469. The molecule has 0 radical (unpaired) electrons. The molecule has 1 amide bonds. The van der Waals surface area contributed by atoms with Gasteiger partial charge in [0.05, 0.1) is 22.8 Å². The monoisotopic (exact) mass is 490 g/mol. The zero-order valence-corrected chi connectivity index (χ0v) is 19.9. The first-order valence-electron chi connectivity index (χ1n) is 11.6. The summed E-state index contributed by atoms with van der Waals surface area (Å²) in [6.07, 6.45) is 1.57. The maximum Gasteiger partial charge on any atom is 0.433 e. The number of ether oxygens (including phenoxy) is 1. The molecule has 2 N–H and O–H groups in total. The van der Waals surface area contributed by atoms with Gasteiger partial charge >= 0.3 is 6.18 Å². The van der Waals surface area contributed by atoms with Crippen molar-refractivity contribution in [2.24, 2.45) is 5.92 Å². The first-order chi connectivity index (χ1) is 16.4. The van der Waals surface area contributed by atoms with Crippen LogP contribution < -0.4 is 10.1 Å². The van der Waals surface area contributed by atoms with Crippen LogP contribution in [-0.2, 0) is 6.18 Å². The van der Waals surface area contributed by atoms with E-state index in [2.05, 4.69) is 17.2 Å². The molecule has 35 heavy (non-hydrogen) atoms. The number of nitrogens with zero attached hydrogens (tertiary/aromatic N) is 3. The Kier molecular flexibility index (Phi) is 6.77. The Morgan fingerprint density at radius 3 is 2.57 bits per heavy atom. The summed E-state index contributed by atoms with van der Waals surface area (Å²) < 4.78 is 46.8. The number of nitrogens with one attached hydrogen (secondary N) is 1. The Labute approximate surface area is 201 Å². The van der Waals surface area contributed by atoms with E-state index in [0.29, 0.717) is 11.4 Å². The van der Waals surface area contributed by atoms with Gasteiger partial charge in [-0.15, -0.1) is 0 Å². The molecule has 1 aliphatic rings. The van der Waals surface area contributed by atoms with E-state index in [1.807, 2.05) is 10.9 Å². The van der Waals surface area contributed by atoms with Gasteiger partial charge in [-0.2, -0.15) is 18.3 Å². The van der Waals surface area contributed by atoms with E-state index >= 15 is 0 Å². The largest absolute Gasteiger partial charge is 0.488 e. The number of carbonyl (C=O) groups is 1. The van der Waals surface area contributed by atoms with Crippen LogP contribution in [-0.4, -0.2) is 38.0 Å². The topological polar surface area (TPSA) is 89.3 Å². The van der Waals surface area contributed by atoms with E-state index in [1.165, 1.54) is 6.07 Å². The number of pyridine rings is 1. The minimum absolute atomic E-state index is 0.0651. The lowest BCUT2D eigenvalue weighted by Crippen LogP contribution is -2.28. The van der Waals surface area contributed by atoms with Crippen molar-refractivity contribution in [2.75, 3.05) is 11.9 Å². The number of halogens is 3. The number of hydrogen-bond acceptors (Lipinski definition) is 5. The van der Waals surface area contributed by atoms with Crippen LogP contribution in [0, 0.1) is 5.92 Å². The molecule has 4 rings (SSSR count). The third-order valence-electron chi connectivity index (χ3n) is 6.08. The fourth-order valence-electron chi connectivity index (χ4n) is 4.14. The second kappa shape index (κ2) is 9.49. The van der Waals surface area contributed by atoms with Gasteiger partial charge in [0.25, 0.3) is 5.91 Å². The highest BCUT2D eigenvalue weighted by Gasteiger charge is 2.33. The number of benzene rings is 1. The number of amides is 1. The van der Waals surface area contributed by atoms with Gasteiger partial charge in [-0.3, -0.25) is 9.48 Å². The SMILES string of the molecule is CC(C)(O)COc1cc2nn([C@H]3CC[C@H](C)CC3)cc2cc1NC(=O)c1cccc(C(F)(F)F)n1. The second-order valence-corrected chi connectivity index (χ2v) is 9.89. The molecule has 10 heteroatoms. The van der Waals surface area contributed by atoms with Crippen LogP contribution in [0.3, 0.4) is 0 Å². The predicted octanol–water partition coefficient (Wildman–Crippen LogP) is 5.60. The number of hydrogen-bond donors (Lipinski definition) is 2. The third kappa shape index (κ3) is 6.11.